The number of fused-ring (bicyclic) bond motifs is 1. The van der Waals surface area contributed by atoms with Crippen LogP contribution < -0.4 is 15.0 Å². The number of carbonyl (C=O) groups is 3. The van der Waals surface area contributed by atoms with Gasteiger partial charge in [0, 0.05) is 23.9 Å². The summed E-state index contributed by atoms with van der Waals surface area (Å²) in [5.41, 5.74) is 3.98. The molecule has 2 aliphatic heterocycles. The zero-order valence-corrected chi connectivity index (χ0v) is 21.9. The number of para-hydroxylation sites is 1. The van der Waals surface area contributed by atoms with E-state index in [9.17, 15) is 14.4 Å². The van der Waals surface area contributed by atoms with Crippen molar-refractivity contribution < 1.29 is 19.1 Å². The van der Waals surface area contributed by atoms with Gasteiger partial charge in [0.25, 0.3) is 11.1 Å². The Bertz CT molecular complexity index is 1340. The van der Waals surface area contributed by atoms with Gasteiger partial charge in [-0.15, -0.1) is 0 Å². The summed E-state index contributed by atoms with van der Waals surface area (Å²) < 4.78 is 6.13. The number of ether oxygens (including phenoxy) is 1. The molecule has 2 heterocycles. The highest BCUT2D eigenvalue weighted by atomic mass is 32.2. The van der Waals surface area contributed by atoms with Crippen LogP contribution in [0, 0.1) is 6.92 Å². The maximum atomic E-state index is 13.6. The van der Waals surface area contributed by atoms with Crippen LogP contribution in [0.15, 0.2) is 72.8 Å². The summed E-state index contributed by atoms with van der Waals surface area (Å²) in [5, 5.41) is 2.23. The van der Waals surface area contributed by atoms with Crippen LogP contribution in [0.1, 0.15) is 35.3 Å². The highest BCUT2D eigenvalue weighted by Gasteiger charge is 2.39. The van der Waals surface area contributed by atoms with Crippen LogP contribution >= 0.6 is 11.8 Å². The Hall–Kier alpha value is -3.78. The lowest BCUT2D eigenvalue weighted by Crippen LogP contribution is -2.57. The van der Waals surface area contributed by atoms with Crippen molar-refractivity contribution in [1.82, 2.24) is 10.2 Å². The number of anilines is 2. The quantitative estimate of drug-likeness (QED) is 0.460. The number of amides is 2. The van der Waals surface area contributed by atoms with E-state index in [4.69, 9.17) is 4.74 Å². The van der Waals surface area contributed by atoms with Crippen molar-refractivity contribution in [3.63, 3.8) is 0 Å². The lowest BCUT2D eigenvalue weighted by molar-refractivity contribution is -0.112. The van der Waals surface area contributed by atoms with E-state index in [-0.39, 0.29) is 16.3 Å². The van der Waals surface area contributed by atoms with Gasteiger partial charge in [-0.1, -0.05) is 42.0 Å². The zero-order chi connectivity index (χ0) is 26.2. The first-order valence-corrected chi connectivity index (χ1v) is 13.0. The van der Waals surface area contributed by atoms with Crippen LogP contribution in [0.4, 0.5) is 16.2 Å². The van der Waals surface area contributed by atoms with E-state index < -0.39 is 11.6 Å². The molecule has 2 aliphatic rings. The van der Waals surface area contributed by atoms with Crippen LogP contribution in [0.25, 0.3) is 0 Å². The van der Waals surface area contributed by atoms with E-state index in [1.807, 2.05) is 98.5 Å². The van der Waals surface area contributed by atoms with Gasteiger partial charge in [0.2, 0.25) is 5.12 Å². The Kier molecular flexibility index (Phi) is 6.69. The molecule has 7 nitrogen and oxygen atoms in total. The molecular formula is C29H29N3O4S. The van der Waals surface area contributed by atoms with Crippen molar-refractivity contribution in [3.05, 3.63) is 89.5 Å². The Labute approximate surface area is 220 Å². The molecule has 1 saturated heterocycles. The smallest absolute Gasteiger partial charge is 0.287 e. The molecule has 3 aromatic rings. The highest BCUT2D eigenvalue weighted by Crippen LogP contribution is 2.37. The lowest BCUT2D eigenvalue weighted by atomic mass is 9.98. The molecule has 190 valence electrons. The molecule has 1 fully saturated rings. The van der Waals surface area contributed by atoms with Crippen molar-refractivity contribution in [3.8, 4) is 5.75 Å². The topological polar surface area (TPSA) is 79.0 Å². The molecule has 0 aliphatic carbocycles. The van der Waals surface area contributed by atoms with Gasteiger partial charge >= 0.3 is 0 Å². The van der Waals surface area contributed by atoms with E-state index in [2.05, 4.69) is 10.2 Å². The van der Waals surface area contributed by atoms with Gasteiger partial charge in [0.1, 0.15) is 18.4 Å². The summed E-state index contributed by atoms with van der Waals surface area (Å²) in [5.74, 6) is 0.657. The molecule has 1 N–H and O–H groups in total. The number of carbonyl (C=O) groups excluding carboxylic acids is 3. The van der Waals surface area contributed by atoms with Crippen LogP contribution in [0.3, 0.4) is 0 Å². The summed E-state index contributed by atoms with van der Waals surface area (Å²) in [4.78, 5) is 41.0. The summed E-state index contributed by atoms with van der Waals surface area (Å²) in [6, 6.07) is 23.1. The number of nitrogens with zero attached hydrogens (tertiary/aromatic N) is 2. The molecule has 0 radical (unpaired) electrons. The second-order valence-corrected chi connectivity index (χ2v) is 11.0. The molecule has 0 aromatic heterocycles. The molecule has 5 rings (SSSR count). The molecule has 37 heavy (non-hydrogen) atoms. The van der Waals surface area contributed by atoms with Gasteiger partial charge in [-0.2, -0.15) is 0 Å². The second-order valence-electron chi connectivity index (χ2n) is 10.0. The number of nitrogens with one attached hydrogen (secondary N) is 1. The van der Waals surface area contributed by atoms with Crippen molar-refractivity contribution >= 4 is 39.4 Å². The summed E-state index contributed by atoms with van der Waals surface area (Å²) in [6.07, 6.45) is 0.444. The predicted octanol–water partition coefficient (Wildman–Crippen LogP) is 5.30. The van der Waals surface area contributed by atoms with Gasteiger partial charge in [-0.3, -0.25) is 14.4 Å². The minimum atomic E-state index is -0.595. The fourth-order valence-electron chi connectivity index (χ4n) is 4.60. The first kappa shape index (κ1) is 24.9. The van der Waals surface area contributed by atoms with Gasteiger partial charge in [0.15, 0.2) is 0 Å². The Morgan fingerprint density at radius 1 is 1.00 bits per heavy atom. The molecular weight excluding hydrogens is 486 g/mol. The largest absolute Gasteiger partial charge is 0.491 e. The molecule has 2 amide bonds. The van der Waals surface area contributed by atoms with E-state index in [1.54, 1.807) is 0 Å². The SMILES string of the molecule is Cc1ccc2c(c1)C(=O)N(C(C)(C)COc1ccc(CC3NC(=O)SC3=O)cc1)CN2c1ccccc1. The molecule has 8 heteroatoms. The molecule has 0 spiro atoms. The molecule has 3 aromatic carbocycles. The van der Waals surface area contributed by atoms with Crippen LogP contribution in [-0.2, 0) is 11.2 Å². The van der Waals surface area contributed by atoms with Crippen molar-refractivity contribution in [2.45, 2.75) is 38.8 Å². The van der Waals surface area contributed by atoms with Crippen molar-refractivity contribution in [2.75, 3.05) is 18.2 Å². The third-order valence-electron chi connectivity index (χ3n) is 6.72. The van der Waals surface area contributed by atoms with Crippen LogP contribution in [0.5, 0.6) is 5.75 Å². The molecule has 1 atom stereocenters. The molecule has 1 unspecified atom stereocenters. The van der Waals surface area contributed by atoms with E-state index in [0.29, 0.717) is 31.0 Å². The summed E-state index contributed by atoms with van der Waals surface area (Å²) in [6.45, 7) is 6.72. The minimum absolute atomic E-state index is 0.0176. The Morgan fingerprint density at radius 2 is 1.73 bits per heavy atom. The third-order valence-corrected chi connectivity index (χ3v) is 7.51. The van der Waals surface area contributed by atoms with E-state index in [1.165, 1.54) is 0 Å². The predicted molar refractivity (Wildman–Crippen MR) is 145 cm³/mol. The second kappa shape index (κ2) is 9.94. The third kappa shape index (κ3) is 5.20. The van der Waals surface area contributed by atoms with Gasteiger partial charge in [0.05, 0.1) is 23.5 Å². The van der Waals surface area contributed by atoms with E-state index in [0.717, 1.165) is 34.3 Å². The fourth-order valence-corrected chi connectivity index (χ4v) is 5.27. The average Bonchev–Trinajstić information content (AvgIpc) is 3.20. The van der Waals surface area contributed by atoms with Crippen LogP contribution in [-0.4, -0.2) is 46.0 Å². The summed E-state index contributed by atoms with van der Waals surface area (Å²) >= 11 is 0.721. The number of hydrogen-bond acceptors (Lipinski definition) is 6. The first-order valence-electron chi connectivity index (χ1n) is 12.2. The average molecular weight is 516 g/mol. The monoisotopic (exact) mass is 515 g/mol. The fraction of sp³-hybridized carbons (Fsp3) is 0.276. The normalized spacial score (nSPS) is 17.6. The maximum Gasteiger partial charge on any atom is 0.287 e. The maximum absolute atomic E-state index is 13.6. The first-order chi connectivity index (χ1) is 17.7. The van der Waals surface area contributed by atoms with Gasteiger partial charge < -0.3 is 19.9 Å². The summed E-state index contributed by atoms with van der Waals surface area (Å²) in [7, 11) is 0. The Morgan fingerprint density at radius 3 is 2.41 bits per heavy atom. The molecule has 0 saturated carbocycles. The van der Waals surface area contributed by atoms with Gasteiger partial charge in [-0.05, 0) is 62.7 Å². The highest BCUT2D eigenvalue weighted by molar-refractivity contribution is 8.26. The van der Waals surface area contributed by atoms with Crippen molar-refractivity contribution in [2.24, 2.45) is 0 Å². The number of aryl methyl sites for hydroxylation is 1. The molecule has 0 bridgehead atoms. The Balaban J connectivity index is 1.31. The van der Waals surface area contributed by atoms with Crippen molar-refractivity contribution in [1.29, 1.82) is 0 Å². The number of rotatable bonds is 7. The number of benzene rings is 3. The zero-order valence-electron chi connectivity index (χ0n) is 21.1. The number of hydrogen-bond donors (Lipinski definition) is 1. The lowest BCUT2D eigenvalue weighted by Gasteiger charge is -2.45. The standard InChI is InChI=1S/C29H29N3O4S/c1-19-9-14-25-23(15-19)26(33)32(18-31(25)21-7-5-4-6-8-21)29(2,3)17-36-22-12-10-20(11-13-22)16-24-27(34)37-28(35)30-24/h4-15,24H,16-18H2,1-3H3,(H,30,35). The number of thioether (sulfide) groups is 1. The van der Waals surface area contributed by atoms with Gasteiger partial charge in [-0.25, -0.2) is 0 Å². The minimum Gasteiger partial charge on any atom is -0.491 e. The van der Waals surface area contributed by atoms with E-state index >= 15 is 0 Å². The van der Waals surface area contributed by atoms with Crippen LogP contribution in [0.2, 0.25) is 0 Å².